The Labute approximate surface area is 209 Å². The number of aryl methyl sites for hydroxylation is 1. The fourth-order valence-electron chi connectivity index (χ4n) is 4.62. The van der Waals surface area contributed by atoms with Gasteiger partial charge in [0, 0.05) is 6.04 Å². The van der Waals surface area contributed by atoms with Crippen molar-refractivity contribution in [3.63, 3.8) is 0 Å². The molecule has 1 heterocycles. The molecule has 36 heavy (non-hydrogen) atoms. The van der Waals surface area contributed by atoms with Crippen LogP contribution in [0, 0.1) is 12.7 Å². The number of carbonyl (C=O) groups excluding carboxylic acids is 3. The van der Waals surface area contributed by atoms with E-state index in [1.165, 1.54) is 30.5 Å². The lowest BCUT2D eigenvalue weighted by molar-refractivity contribution is -0.127. The lowest BCUT2D eigenvalue weighted by Crippen LogP contribution is -2.50. The Hall–Kier alpha value is -3.94. The molecule has 0 saturated heterocycles. The number of rotatable bonds is 8. The Balaban J connectivity index is 1.70. The Bertz CT molecular complexity index is 1210. The molecule has 3 amide bonds. The Morgan fingerprint density at radius 1 is 1.00 bits per heavy atom. The summed E-state index contributed by atoms with van der Waals surface area (Å²) in [7, 11) is 0. The van der Waals surface area contributed by atoms with Crippen LogP contribution in [0.25, 0.3) is 0 Å². The van der Waals surface area contributed by atoms with Crippen molar-refractivity contribution in [2.24, 2.45) is 0 Å². The second-order valence-corrected chi connectivity index (χ2v) is 8.98. The molecular formula is C28H30FN3O4. The summed E-state index contributed by atoms with van der Waals surface area (Å²) >= 11 is 0. The first-order valence-corrected chi connectivity index (χ1v) is 12.2. The summed E-state index contributed by atoms with van der Waals surface area (Å²) in [5, 5.41) is 5.62. The number of nitrogens with one attached hydrogen (secondary N) is 2. The van der Waals surface area contributed by atoms with E-state index in [9.17, 15) is 14.4 Å². The van der Waals surface area contributed by atoms with Crippen LogP contribution in [0.3, 0.4) is 0 Å². The molecule has 188 valence electrons. The van der Waals surface area contributed by atoms with Crippen LogP contribution >= 0.6 is 0 Å². The van der Waals surface area contributed by atoms with Crippen LogP contribution in [-0.4, -0.2) is 30.3 Å². The fourth-order valence-corrected chi connectivity index (χ4v) is 4.62. The largest absolute Gasteiger partial charge is 0.459 e. The van der Waals surface area contributed by atoms with Crippen molar-refractivity contribution >= 4 is 23.4 Å². The van der Waals surface area contributed by atoms with Gasteiger partial charge in [-0.3, -0.25) is 19.3 Å². The average molecular weight is 492 g/mol. The number of benzene rings is 2. The summed E-state index contributed by atoms with van der Waals surface area (Å²) in [5.74, 6) is -2.20. The average Bonchev–Trinajstić information content (AvgIpc) is 3.43. The Morgan fingerprint density at radius 2 is 1.72 bits per heavy atom. The van der Waals surface area contributed by atoms with Crippen LogP contribution in [0.1, 0.15) is 59.8 Å². The van der Waals surface area contributed by atoms with Crippen LogP contribution in [0.2, 0.25) is 0 Å². The van der Waals surface area contributed by atoms with E-state index in [1.54, 1.807) is 24.3 Å². The number of hydrogen-bond donors (Lipinski definition) is 2. The van der Waals surface area contributed by atoms with E-state index >= 15 is 4.39 Å². The standard InChI is InChI=1S/C28H30FN3O4/c1-19-10-5-6-13-21(19)26(28(35)31-20-11-3-2-4-12-20)32(23-15-8-7-14-22(23)29)25(33)18-30-27(34)24-16-9-17-36-24/h5-10,13-17,20,26H,2-4,11-12,18H2,1H3,(H,30,34)(H,31,35). The summed E-state index contributed by atoms with van der Waals surface area (Å²) in [5.41, 5.74) is 1.33. The first-order chi connectivity index (χ1) is 17.5. The van der Waals surface area contributed by atoms with Crippen molar-refractivity contribution in [3.05, 3.63) is 89.6 Å². The predicted octanol–water partition coefficient (Wildman–Crippen LogP) is 4.68. The minimum atomic E-state index is -1.13. The summed E-state index contributed by atoms with van der Waals surface area (Å²) < 4.78 is 20.2. The molecule has 0 spiro atoms. The molecule has 0 bridgehead atoms. The molecule has 1 aliphatic rings. The normalized spacial score (nSPS) is 14.6. The van der Waals surface area contributed by atoms with E-state index in [2.05, 4.69) is 10.6 Å². The molecule has 1 atom stereocenters. The monoisotopic (exact) mass is 491 g/mol. The highest BCUT2D eigenvalue weighted by atomic mass is 19.1. The van der Waals surface area contributed by atoms with E-state index < -0.39 is 30.2 Å². The molecule has 1 aromatic heterocycles. The highest BCUT2D eigenvalue weighted by Crippen LogP contribution is 2.32. The van der Waals surface area contributed by atoms with E-state index in [0.717, 1.165) is 42.6 Å². The van der Waals surface area contributed by atoms with Gasteiger partial charge in [0.05, 0.1) is 18.5 Å². The van der Waals surface area contributed by atoms with Gasteiger partial charge in [-0.15, -0.1) is 0 Å². The number of hydrogen-bond acceptors (Lipinski definition) is 4. The second kappa shape index (κ2) is 11.7. The number of halogens is 1. The van der Waals surface area contributed by atoms with Crippen LogP contribution in [0.5, 0.6) is 0 Å². The van der Waals surface area contributed by atoms with Gasteiger partial charge in [-0.05, 0) is 55.2 Å². The van der Waals surface area contributed by atoms with E-state index in [4.69, 9.17) is 4.42 Å². The van der Waals surface area contributed by atoms with Gasteiger partial charge in [-0.25, -0.2) is 4.39 Å². The number of furan rings is 1. The third-order valence-corrected chi connectivity index (χ3v) is 6.47. The van der Waals surface area contributed by atoms with Gasteiger partial charge >= 0.3 is 0 Å². The minimum Gasteiger partial charge on any atom is -0.459 e. The Kier molecular flexibility index (Phi) is 8.15. The SMILES string of the molecule is Cc1ccccc1C(C(=O)NC1CCCCC1)N(C(=O)CNC(=O)c1ccco1)c1ccccc1F. The zero-order valence-corrected chi connectivity index (χ0v) is 20.2. The molecule has 4 rings (SSSR count). The van der Waals surface area contributed by atoms with Crippen LogP contribution in [0.15, 0.2) is 71.3 Å². The highest BCUT2D eigenvalue weighted by molar-refractivity contribution is 6.04. The zero-order chi connectivity index (χ0) is 25.5. The van der Waals surface area contributed by atoms with Gasteiger partial charge in [0.1, 0.15) is 11.9 Å². The number of nitrogens with zero attached hydrogens (tertiary/aromatic N) is 1. The van der Waals surface area contributed by atoms with E-state index in [1.807, 2.05) is 19.1 Å². The van der Waals surface area contributed by atoms with Crippen molar-refractivity contribution in [2.45, 2.75) is 51.1 Å². The maximum Gasteiger partial charge on any atom is 0.287 e. The molecule has 0 radical (unpaired) electrons. The lowest BCUT2D eigenvalue weighted by atomic mass is 9.93. The van der Waals surface area contributed by atoms with Gasteiger partial charge in [-0.1, -0.05) is 55.7 Å². The summed E-state index contributed by atoms with van der Waals surface area (Å²) in [6.07, 6.45) is 6.25. The molecule has 7 nitrogen and oxygen atoms in total. The molecule has 0 aliphatic heterocycles. The number of carbonyl (C=O) groups is 3. The minimum absolute atomic E-state index is 0.00556. The molecule has 1 unspecified atom stereocenters. The summed E-state index contributed by atoms with van der Waals surface area (Å²) in [6.45, 7) is 1.39. The van der Waals surface area contributed by atoms with Gasteiger partial charge in [0.15, 0.2) is 5.76 Å². The molecule has 1 fully saturated rings. The molecule has 3 aromatic rings. The number of anilines is 1. The number of para-hydroxylation sites is 1. The van der Waals surface area contributed by atoms with Gasteiger partial charge in [-0.2, -0.15) is 0 Å². The summed E-state index contributed by atoms with van der Waals surface area (Å²) in [4.78, 5) is 41.0. The third kappa shape index (κ3) is 5.82. The predicted molar refractivity (Wildman–Crippen MR) is 134 cm³/mol. The Morgan fingerprint density at radius 3 is 2.42 bits per heavy atom. The molecular weight excluding hydrogens is 461 g/mol. The topological polar surface area (TPSA) is 91.7 Å². The maximum atomic E-state index is 15.1. The molecule has 1 saturated carbocycles. The second-order valence-electron chi connectivity index (χ2n) is 8.98. The van der Waals surface area contributed by atoms with Crippen molar-refractivity contribution < 1.29 is 23.2 Å². The molecule has 8 heteroatoms. The maximum absolute atomic E-state index is 15.1. The van der Waals surface area contributed by atoms with E-state index in [-0.39, 0.29) is 23.4 Å². The van der Waals surface area contributed by atoms with Crippen molar-refractivity contribution in [2.75, 3.05) is 11.4 Å². The molecule has 2 N–H and O–H groups in total. The first kappa shape index (κ1) is 25.2. The van der Waals surface area contributed by atoms with Crippen LogP contribution < -0.4 is 15.5 Å². The lowest BCUT2D eigenvalue weighted by Gasteiger charge is -2.34. The smallest absolute Gasteiger partial charge is 0.287 e. The third-order valence-electron chi connectivity index (χ3n) is 6.47. The highest BCUT2D eigenvalue weighted by Gasteiger charge is 2.36. The zero-order valence-electron chi connectivity index (χ0n) is 20.2. The fraction of sp³-hybridized carbons (Fsp3) is 0.321. The van der Waals surface area contributed by atoms with E-state index in [0.29, 0.717) is 5.56 Å². The van der Waals surface area contributed by atoms with Crippen LogP contribution in [0.4, 0.5) is 10.1 Å². The van der Waals surface area contributed by atoms with Gasteiger partial charge < -0.3 is 15.1 Å². The van der Waals surface area contributed by atoms with Crippen molar-refractivity contribution in [3.8, 4) is 0 Å². The number of amides is 3. The first-order valence-electron chi connectivity index (χ1n) is 12.2. The van der Waals surface area contributed by atoms with Gasteiger partial charge in [0.25, 0.3) is 5.91 Å². The van der Waals surface area contributed by atoms with Gasteiger partial charge in [0.2, 0.25) is 11.8 Å². The van der Waals surface area contributed by atoms with Crippen molar-refractivity contribution in [1.82, 2.24) is 10.6 Å². The summed E-state index contributed by atoms with van der Waals surface area (Å²) in [6, 6.07) is 15.0. The van der Waals surface area contributed by atoms with Crippen LogP contribution in [-0.2, 0) is 9.59 Å². The van der Waals surface area contributed by atoms with Crippen molar-refractivity contribution in [1.29, 1.82) is 0 Å². The molecule has 1 aliphatic carbocycles. The molecule has 2 aromatic carbocycles. The quantitative estimate of drug-likeness (QED) is 0.479.